The van der Waals surface area contributed by atoms with Gasteiger partial charge in [0.25, 0.3) is 5.91 Å². The normalized spacial score (nSPS) is 16.3. The number of aryl methyl sites for hydroxylation is 1. The lowest BCUT2D eigenvalue weighted by molar-refractivity contribution is 0.0634. The minimum atomic E-state index is 0. The Hall–Kier alpha value is -2.15. The van der Waals surface area contributed by atoms with Crippen molar-refractivity contribution in [3.63, 3.8) is 0 Å². The second kappa shape index (κ2) is 10.2. The lowest BCUT2D eigenvalue weighted by atomic mass is 10.00. The van der Waals surface area contributed by atoms with Crippen molar-refractivity contribution in [3.8, 4) is 0 Å². The zero-order chi connectivity index (χ0) is 19.7. The first kappa shape index (κ1) is 24.1. The number of hydrogen-bond donors (Lipinski definition) is 1. The van der Waals surface area contributed by atoms with Gasteiger partial charge in [-0.2, -0.15) is 5.10 Å². The van der Waals surface area contributed by atoms with E-state index >= 15 is 0 Å². The van der Waals surface area contributed by atoms with Crippen LogP contribution in [0, 0.1) is 0 Å². The predicted molar refractivity (Wildman–Crippen MR) is 125 cm³/mol. The Balaban J connectivity index is 0.00000160. The Morgan fingerprint density at radius 2 is 1.93 bits per heavy atom. The van der Waals surface area contributed by atoms with Gasteiger partial charge in [0, 0.05) is 37.3 Å². The van der Waals surface area contributed by atoms with Gasteiger partial charge in [0.2, 0.25) is 0 Å². The number of halogens is 2. The third kappa shape index (κ3) is 4.61. The fourth-order valence-corrected chi connectivity index (χ4v) is 3.82. The summed E-state index contributed by atoms with van der Waals surface area (Å²) in [7, 11) is 0. The number of carbonyl (C=O) groups is 1. The summed E-state index contributed by atoms with van der Waals surface area (Å²) in [5.74, 6) is 0.0257. The lowest BCUT2D eigenvalue weighted by Gasteiger charge is -2.36. The number of carbonyl (C=O) groups excluding carboxylic acids is 1. The van der Waals surface area contributed by atoms with E-state index in [0.29, 0.717) is 12.1 Å². The van der Waals surface area contributed by atoms with Crippen LogP contribution in [0.5, 0.6) is 0 Å². The van der Waals surface area contributed by atoms with Gasteiger partial charge >= 0.3 is 0 Å². The molecule has 1 N–H and O–H groups in total. The number of rotatable bonds is 4. The summed E-state index contributed by atoms with van der Waals surface area (Å²) < 4.78 is 1.88. The summed E-state index contributed by atoms with van der Waals surface area (Å²) in [4.78, 5) is 19.8. The fourth-order valence-electron chi connectivity index (χ4n) is 3.82. The number of pyridine rings is 1. The molecule has 0 radical (unpaired) electrons. The molecule has 1 amide bonds. The summed E-state index contributed by atoms with van der Waals surface area (Å²) in [6.45, 7) is 8.54. The van der Waals surface area contributed by atoms with Gasteiger partial charge in [-0.25, -0.2) is 9.67 Å². The Labute approximate surface area is 189 Å². The van der Waals surface area contributed by atoms with E-state index in [2.05, 4.69) is 60.4 Å². The number of hydrogen-bond acceptors (Lipinski definition) is 4. The van der Waals surface area contributed by atoms with Crippen LogP contribution in [0.2, 0.25) is 0 Å². The molecule has 1 atom stereocenters. The molecule has 0 saturated carbocycles. The van der Waals surface area contributed by atoms with Crippen molar-refractivity contribution < 1.29 is 4.79 Å². The van der Waals surface area contributed by atoms with Gasteiger partial charge < -0.3 is 10.2 Å². The number of benzene rings is 1. The molecule has 4 rings (SSSR count). The molecule has 1 unspecified atom stereocenters. The van der Waals surface area contributed by atoms with E-state index in [1.165, 1.54) is 11.1 Å². The summed E-state index contributed by atoms with van der Waals surface area (Å²) in [5.41, 5.74) is 3.91. The van der Waals surface area contributed by atoms with E-state index in [1.807, 2.05) is 15.6 Å². The number of amides is 1. The van der Waals surface area contributed by atoms with Crippen molar-refractivity contribution in [2.45, 2.75) is 39.3 Å². The van der Waals surface area contributed by atoms with Crippen LogP contribution in [0.3, 0.4) is 0 Å². The van der Waals surface area contributed by atoms with Crippen molar-refractivity contribution in [1.29, 1.82) is 0 Å². The van der Waals surface area contributed by atoms with E-state index in [4.69, 9.17) is 0 Å². The number of nitrogens with zero attached hydrogens (tertiary/aromatic N) is 4. The summed E-state index contributed by atoms with van der Waals surface area (Å²) >= 11 is 0. The van der Waals surface area contributed by atoms with Crippen LogP contribution in [0.15, 0.2) is 42.7 Å². The maximum absolute atomic E-state index is 13.3. The highest BCUT2D eigenvalue weighted by atomic mass is 35.5. The first-order valence-electron chi connectivity index (χ1n) is 10.0. The van der Waals surface area contributed by atoms with Gasteiger partial charge in [0.1, 0.15) is 0 Å². The Morgan fingerprint density at radius 1 is 1.20 bits per heavy atom. The minimum absolute atomic E-state index is 0. The van der Waals surface area contributed by atoms with Gasteiger partial charge in [-0.1, -0.05) is 31.2 Å². The molecule has 3 aromatic rings. The van der Waals surface area contributed by atoms with Gasteiger partial charge in [-0.3, -0.25) is 4.79 Å². The first-order chi connectivity index (χ1) is 13.6. The quantitative estimate of drug-likeness (QED) is 0.647. The van der Waals surface area contributed by atoms with E-state index in [9.17, 15) is 4.79 Å². The number of aromatic nitrogens is 3. The molecule has 30 heavy (non-hydrogen) atoms. The molecule has 1 saturated heterocycles. The third-order valence-electron chi connectivity index (χ3n) is 5.45. The number of piperazine rings is 1. The standard InChI is InChI=1S/C22H27N5O.2ClH/c1-4-16-5-7-17(8-6-16)20-14-23-9-10-26(20)22(28)19-11-18-13-25-27(15(2)3)21(18)24-12-19;;/h5-8,11-13,15,20,23H,4,9-10,14H2,1-3H3;2*1H. The highest BCUT2D eigenvalue weighted by Gasteiger charge is 2.29. The average Bonchev–Trinajstić information content (AvgIpc) is 3.17. The predicted octanol–water partition coefficient (Wildman–Crippen LogP) is 4.20. The smallest absolute Gasteiger partial charge is 0.256 e. The highest BCUT2D eigenvalue weighted by Crippen LogP contribution is 2.26. The summed E-state index contributed by atoms with van der Waals surface area (Å²) in [6, 6.07) is 10.8. The zero-order valence-corrected chi connectivity index (χ0v) is 19.2. The molecule has 2 aromatic heterocycles. The molecule has 0 spiro atoms. The van der Waals surface area contributed by atoms with Crippen LogP contribution in [-0.2, 0) is 6.42 Å². The molecular weight excluding hydrogens is 421 g/mol. The Kier molecular flexibility index (Phi) is 8.24. The topological polar surface area (TPSA) is 63.1 Å². The van der Waals surface area contributed by atoms with Crippen LogP contribution in [0.4, 0.5) is 0 Å². The van der Waals surface area contributed by atoms with Gasteiger partial charge in [0.05, 0.1) is 17.8 Å². The SMILES string of the molecule is CCc1ccc(C2CNCCN2C(=O)c2cnc3c(cnn3C(C)C)c2)cc1.Cl.Cl. The van der Waals surface area contributed by atoms with Crippen LogP contribution in [0.1, 0.15) is 54.3 Å². The Bertz CT molecular complexity index is 987. The second-order valence-electron chi connectivity index (χ2n) is 7.63. The van der Waals surface area contributed by atoms with Gasteiger partial charge in [-0.15, -0.1) is 24.8 Å². The van der Waals surface area contributed by atoms with E-state index < -0.39 is 0 Å². The minimum Gasteiger partial charge on any atom is -0.329 e. The van der Waals surface area contributed by atoms with Crippen LogP contribution >= 0.6 is 24.8 Å². The molecule has 1 aliphatic rings. The molecule has 1 fully saturated rings. The van der Waals surface area contributed by atoms with Crippen LogP contribution in [-0.4, -0.2) is 45.2 Å². The van der Waals surface area contributed by atoms with Crippen molar-refractivity contribution >= 4 is 41.8 Å². The second-order valence-corrected chi connectivity index (χ2v) is 7.63. The van der Waals surface area contributed by atoms with Gasteiger partial charge in [-0.05, 0) is 37.5 Å². The lowest BCUT2D eigenvalue weighted by Crippen LogP contribution is -2.48. The van der Waals surface area contributed by atoms with Crippen molar-refractivity contribution in [3.05, 3.63) is 59.4 Å². The average molecular weight is 450 g/mol. The largest absolute Gasteiger partial charge is 0.329 e. The van der Waals surface area contributed by atoms with E-state index in [1.54, 1.807) is 12.4 Å². The fraction of sp³-hybridized carbons (Fsp3) is 0.409. The van der Waals surface area contributed by atoms with Crippen molar-refractivity contribution in [2.24, 2.45) is 0 Å². The highest BCUT2D eigenvalue weighted by molar-refractivity contribution is 5.97. The maximum Gasteiger partial charge on any atom is 0.256 e. The monoisotopic (exact) mass is 449 g/mol. The van der Waals surface area contributed by atoms with Crippen LogP contribution in [0.25, 0.3) is 11.0 Å². The maximum atomic E-state index is 13.3. The Morgan fingerprint density at radius 3 is 2.60 bits per heavy atom. The first-order valence-corrected chi connectivity index (χ1v) is 10.0. The molecule has 3 heterocycles. The summed E-state index contributed by atoms with van der Waals surface area (Å²) in [6.07, 6.45) is 4.49. The molecule has 162 valence electrons. The van der Waals surface area contributed by atoms with E-state index in [-0.39, 0.29) is 42.8 Å². The molecule has 1 aliphatic heterocycles. The van der Waals surface area contributed by atoms with Crippen molar-refractivity contribution in [1.82, 2.24) is 25.0 Å². The third-order valence-corrected chi connectivity index (χ3v) is 5.45. The number of nitrogens with one attached hydrogen (secondary N) is 1. The van der Waals surface area contributed by atoms with Crippen LogP contribution < -0.4 is 5.32 Å². The molecule has 8 heteroatoms. The molecule has 6 nitrogen and oxygen atoms in total. The zero-order valence-electron chi connectivity index (χ0n) is 17.5. The molecular formula is C22H29Cl2N5O. The molecule has 1 aromatic carbocycles. The number of fused-ring (bicyclic) bond motifs is 1. The molecule has 0 aliphatic carbocycles. The van der Waals surface area contributed by atoms with E-state index in [0.717, 1.165) is 30.5 Å². The van der Waals surface area contributed by atoms with Gasteiger partial charge in [0.15, 0.2) is 5.65 Å². The molecule has 0 bridgehead atoms. The van der Waals surface area contributed by atoms with Crippen molar-refractivity contribution in [2.75, 3.05) is 19.6 Å². The summed E-state index contributed by atoms with van der Waals surface area (Å²) in [5, 5.41) is 8.73.